The van der Waals surface area contributed by atoms with Crippen LogP contribution in [-0.4, -0.2) is 9.78 Å². The number of nitrogens with zero attached hydrogens (tertiary/aromatic N) is 3. The molecule has 0 bridgehead atoms. The van der Waals surface area contributed by atoms with Crippen LogP contribution in [-0.2, 0) is 7.05 Å². The fourth-order valence-corrected chi connectivity index (χ4v) is 4.14. The molecule has 138 valence electrons. The Morgan fingerprint density at radius 3 is 2.36 bits per heavy atom. The molecular formula is C24H22N3O+. The van der Waals surface area contributed by atoms with Gasteiger partial charge in [0.25, 0.3) is 12.2 Å². The standard InChI is InChI=1S/C24H22N3O/c1-15-12-13-19-18-10-5-6-11-20(18)28-23(19)21(15)24-26(4)14-25-27(24)22-16(2)8-7-9-17(22)3/h5-14H,1-4H3/q+1. The highest BCUT2D eigenvalue weighted by molar-refractivity contribution is 6.09. The molecule has 4 nitrogen and oxygen atoms in total. The van der Waals surface area contributed by atoms with Gasteiger partial charge in [0.15, 0.2) is 0 Å². The number of hydrogen-bond donors (Lipinski definition) is 0. The minimum Gasteiger partial charge on any atom is -0.455 e. The van der Waals surface area contributed by atoms with Crippen LogP contribution in [0, 0.1) is 20.8 Å². The summed E-state index contributed by atoms with van der Waals surface area (Å²) in [6, 6.07) is 18.9. The molecule has 3 aromatic carbocycles. The maximum atomic E-state index is 6.34. The lowest BCUT2D eigenvalue weighted by molar-refractivity contribution is -0.660. The Morgan fingerprint density at radius 2 is 1.57 bits per heavy atom. The molecule has 0 atom stereocenters. The van der Waals surface area contributed by atoms with Crippen LogP contribution < -0.4 is 4.57 Å². The normalized spacial score (nSPS) is 11.6. The summed E-state index contributed by atoms with van der Waals surface area (Å²) >= 11 is 0. The van der Waals surface area contributed by atoms with Gasteiger partial charge >= 0.3 is 0 Å². The van der Waals surface area contributed by atoms with E-state index in [0.29, 0.717) is 0 Å². The summed E-state index contributed by atoms with van der Waals surface area (Å²) < 4.78 is 10.5. The number of para-hydroxylation sites is 2. The molecular weight excluding hydrogens is 346 g/mol. The fourth-order valence-electron chi connectivity index (χ4n) is 4.14. The van der Waals surface area contributed by atoms with E-state index in [0.717, 1.165) is 44.6 Å². The van der Waals surface area contributed by atoms with Crippen molar-refractivity contribution >= 4 is 21.9 Å². The first-order valence-electron chi connectivity index (χ1n) is 9.47. The van der Waals surface area contributed by atoms with Crippen molar-refractivity contribution in [3.05, 3.63) is 77.6 Å². The average Bonchev–Trinajstić information content (AvgIpc) is 3.23. The zero-order valence-electron chi connectivity index (χ0n) is 16.5. The third-order valence-electron chi connectivity index (χ3n) is 5.51. The highest BCUT2D eigenvalue weighted by Crippen LogP contribution is 2.37. The van der Waals surface area contributed by atoms with Crippen molar-refractivity contribution in [1.29, 1.82) is 0 Å². The molecule has 4 heteroatoms. The van der Waals surface area contributed by atoms with Crippen molar-refractivity contribution in [3.8, 4) is 17.1 Å². The van der Waals surface area contributed by atoms with E-state index in [4.69, 9.17) is 9.52 Å². The van der Waals surface area contributed by atoms with Crippen molar-refractivity contribution in [2.24, 2.45) is 7.05 Å². The lowest BCUT2D eigenvalue weighted by Crippen LogP contribution is -2.29. The predicted octanol–water partition coefficient (Wildman–Crippen LogP) is 5.19. The third kappa shape index (κ3) is 2.31. The molecule has 0 saturated carbocycles. The summed E-state index contributed by atoms with van der Waals surface area (Å²) in [6.45, 7) is 6.38. The van der Waals surface area contributed by atoms with Crippen LogP contribution in [0.2, 0.25) is 0 Å². The molecule has 0 amide bonds. The van der Waals surface area contributed by atoms with Crippen LogP contribution in [0.1, 0.15) is 16.7 Å². The third-order valence-corrected chi connectivity index (χ3v) is 5.51. The van der Waals surface area contributed by atoms with Crippen LogP contribution >= 0.6 is 0 Å². The van der Waals surface area contributed by atoms with E-state index >= 15 is 0 Å². The SMILES string of the molecule is Cc1cccc(C)c1-n1nc[n+](C)c1-c1c(C)ccc2c1oc1ccccc12. The molecule has 0 saturated heterocycles. The van der Waals surface area contributed by atoms with Crippen molar-refractivity contribution in [2.75, 3.05) is 0 Å². The fraction of sp³-hybridized carbons (Fsp3) is 0.167. The van der Waals surface area contributed by atoms with E-state index in [1.807, 2.05) is 30.2 Å². The number of hydrogen-bond acceptors (Lipinski definition) is 2. The van der Waals surface area contributed by atoms with Gasteiger partial charge in [0, 0.05) is 15.9 Å². The van der Waals surface area contributed by atoms with Gasteiger partial charge in [0.05, 0.1) is 12.6 Å². The Kier molecular flexibility index (Phi) is 3.63. The first-order chi connectivity index (χ1) is 13.6. The Hall–Kier alpha value is -3.40. The minimum atomic E-state index is 0.907. The highest BCUT2D eigenvalue weighted by atomic mass is 16.3. The van der Waals surface area contributed by atoms with E-state index in [2.05, 4.69) is 67.8 Å². The number of rotatable bonds is 2. The van der Waals surface area contributed by atoms with Crippen LogP contribution in [0.5, 0.6) is 0 Å². The summed E-state index contributed by atoms with van der Waals surface area (Å²) in [4.78, 5) is 0. The lowest BCUT2D eigenvalue weighted by atomic mass is 10.0. The van der Waals surface area contributed by atoms with E-state index < -0.39 is 0 Å². The summed E-state index contributed by atoms with van der Waals surface area (Å²) in [5.41, 5.74) is 7.56. The Balaban J connectivity index is 1.90. The van der Waals surface area contributed by atoms with Gasteiger partial charge in [-0.05, 0) is 43.5 Å². The van der Waals surface area contributed by atoms with Gasteiger partial charge in [-0.15, -0.1) is 0 Å². The molecule has 0 unspecified atom stereocenters. The lowest BCUT2D eigenvalue weighted by Gasteiger charge is -2.09. The Morgan fingerprint density at radius 1 is 0.821 bits per heavy atom. The van der Waals surface area contributed by atoms with Crippen LogP contribution in [0.4, 0.5) is 0 Å². The van der Waals surface area contributed by atoms with E-state index in [-0.39, 0.29) is 0 Å². The van der Waals surface area contributed by atoms with Gasteiger partial charge in [-0.2, -0.15) is 0 Å². The number of furan rings is 1. The second-order valence-corrected chi connectivity index (χ2v) is 7.45. The minimum absolute atomic E-state index is 0.907. The van der Waals surface area contributed by atoms with Crippen LogP contribution in [0.25, 0.3) is 39.0 Å². The van der Waals surface area contributed by atoms with Crippen molar-refractivity contribution in [3.63, 3.8) is 0 Å². The molecule has 0 aliphatic heterocycles. The monoisotopic (exact) mass is 368 g/mol. The molecule has 0 radical (unpaired) electrons. The number of fused-ring (bicyclic) bond motifs is 3. The highest BCUT2D eigenvalue weighted by Gasteiger charge is 2.28. The number of benzene rings is 3. The molecule has 28 heavy (non-hydrogen) atoms. The van der Waals surface area contributed by atoms with Crippen molar-refractivity contribution < 1.29 is 8.98 Å². The molecule has 0 fully saturated rings. The second kappa shape index (κ2) is 6.06. The summed E-state index contributed by atoms with van der Waals surface area (Å²) in [5.74, 6) is 1.01. The Bertz CT molecular complexity index is 1340. The molecule has 0 spiro atoms. The molecule has 0 aliphatic carbocycles. The van der Waals surface area contributed by atoms with Gasteiger partial charge < -0.3 is 4.42 Å². The smallest absolute Gasteiger partial charge is 0.277 e. The van der Waals surface area contributed by atoms with Gasteiger partial charge in [0.1, 0.15) is 16.9 Å². The van der Waals surface area contributed by atoms with E-state index in [1.165, 1.54) is 11.1 Å². The van der Waals surface area contributed by atoms with E-state index in [1.54, 1.807) is 0 Å². The zero-order valence-corrected chi connectivity index (χ0v) is 16.5. The summed E-state index contributed by atoms with van der Waals surface area (Å²) in [6.07, 6.45) is 1.86. The maximum Gasteiger partial charge on any atom is 0.277 e. The first kappa shape index (κ1) is 16.8. The molecule has 5 aromatic rings. The van der Waals surface area contributed by atoms with Crippen molar-refractivity contribution in [1.82, 2.24) is 9.78 Å². The van der Waals surface area contributed by atoms with Gasteiger partial charge in [0.2, 0.25) is 0 Å². The van der Waals surface area contributed by atoms with Crippen molar-refractivity contribution in [2.45, 2.75) is 20.8 Å². The number of aryl methyl sites for hydroxylation is 4. The molecule has 2 aromatic heterocycles. The predicted molar refractivity (Wildman–Crippen MR) is 112 cm³/mol. The van der Waals surface area contributed by atoms with Crippen LogP contribution in [0.3, 0.4) is 0 Å². The van der Waals surface area contributed by atoms with E-state index in [9.17, 15) is 0 Å². The summed E-state index contributed by atoms with van der Waals surface area (Å²) in [5, 5.41) is 6.99. The Labute approximate surface area is 163 Å². The zero-order chi connectivity index (χ0) is 19.4. The largest absolute Gasteiger partial charge is 0.455 e. The average molecular weight is 368 g/mol. The molecule has 5 rings (SSSR count). The van der Waals surface area contributed by atoms with Gasteiger partial charge in [-0.25, -0.2) is 4.57 Å². The molecule has 0 aliphatic rings. The summed E-state index contributed by atoms with van der Waals surface area (Å²) in [7, 11) is 2.04. The quantitative estimate of drug-likeness (QED) is 0.402. The van der Waals surface area contributed by atoms with Crippen LogP contribution in [0.15, 0.2) is 65.3 Å². The molecule has 0 N–H and O–H groups in total. The van der Waals surface area contributed by atoms with Gasteiger partial charge in [-0.3, -0.25) is 0 Å². The second-order valence-electron chi connectivity index (χ2n) is 7.45. The molecule has 2 heterocycles. The maximum absolute atomic E-state index is 6.34. The van der Waals surface area contributed by atoms with Gasteiger partial charge in [-0.1, -0.05) is 53.2 Å². The number of aromatic nitrogens is 3. The first-order valence-corrected chi connectivity index (χ1v) is 9.47. The topological polar surface area (TPSA) is 34.8 Å².